The van der Waals surface area contributed by atoms with Crippen molar-refractivity contribution in [2.24, 2.45) is 0 Å². The first-order valence-electron chi connectivity index (χ1n) is 9.29. The van der Waals surface area contributed by atoms with Crippen molar-refractivity contribution < 1.29 is 4.79 Å². The molecule has 0 spiro atoms. The molecular weight excluding hydrogens is 384 g/mol. The second kappa shape index (κ2) is 7.63. The van der Waals surface area contributed by atoms with E-state index in [1.165, 1.54) is 0 Å². The smallest absolute Gasteiger partial charge is 0.253 e. The Morgan fingerprint density at radius 2 is 1.93 bits per heavy atom. The van der Waals surface area contributed by atoms with Crippen LogP contribution in [0.5, 0.6) is 0 Å². The van der Waals surface area contributed by atoms with Crippen LogP contribution in [0.3, 0.4) is 0 Å². The highest BCUT2D eigenvalue weighted by molar-refractivity contribution is 7.12. The molecule has 4 aromatic rings. The second-order valence-electron chi connectivity index (χ2n) is 6.98. The molecule has 4 rings (SSSR count). The molecular formula is C21H22N6OS. The van der Waals surface area contributed by atoms with Gasteiger partial charge in [0, 0.05) is 41.4 Å². The van der Waals surface area contributed by atoms with Crippen molar-refractivity contribution in [2.75, 3.05) is 0 Å². The minimum atomic E-state index is -0.108. The van der Waals surface area contributed by atoms with Gasteiger partial charge in [-0.2, -0.15) is 5.10 Å². The molecule has 148 valence electrons. The molecule has 0 fully saturated rings. The number of hydrogen-bond acceptors (Lipinski definition) is 5. The van der Waals surface area contributed by atoms with E-state index in [9.17, 15) is 4.79 Å². The molecule has 7 nitrogen and oxygen atoms in total. The van der Waals surface area contributed by atoms with E-state index in [4.69, 9.17) is 0 Å². The van der Waals surface area contributed by atoms with Gasteiger partial charge in [0.1, 0.15) is 0 Å². The number of aromatic nitrogens is 5. The monoisotopic (exact) mass is 406 g/mol. The van der Waals surface area contributed by atoms with E-state index in [1.54, 1.807) is 23.7 Å². The number of rotatable bonds is 5. The summed E-state index contributed by atoms with van der Waals surface area (Å²) in [6, 6.07) is 7.78. The van der Waals surface area contributed by atoms with Crippen LogP contribution in [-0.2, 0) is 6.54 Å². The second-order valence-corrected chi connectivity index (χ2v) is 7.85. The molecule has 1 N–H and O–H groups in total. The molecule has 4 heterocycles. The summed E-state index contributed by atoms with van der Waals surface area (Å²) < 4.78 is 3.81. The van der Waals surface area contributed by atoms with E-state index >= 15 is 0 Å². The number of carbonyl (C=O) groups excluding carboxylic acids is 1. The average molecular weight is 407 g/mol. The number of pyridine rings is 1. The van der Waals surface area contributed by atoms with Crippen molar-refractivity contribution in [1.82, 2.24) is 29.6 Å². The van der Waals surface area contributed by atoms with Crippen molar-refractivity contribution in [3.63, 3.8) is 0 Å². The molecule has 0 saturated heterocycles. The normalized spacial score (nSPS) is 11.0. The number of amides is 1. The Labute approximate surface area is 173 Å². The predicted octanol–water partition coefficient (Wildman–Crippen LogP) is 3.68. The van der Waals surface area contributed by atoms with E-state index in [-0.39, 0.29) is 5.91 Å². The summed E-state index contributed by atoms with van der Waals surface area (Å²) in [5.41, 5.74) is 5.44. The van der Waals surface area contributed by atoms with Gasteiger partial charge in [-0.1, -0.05) is 6.07 Å². The molecule has 0 bridgehead atoms. The summed E-state index contributed by atoms with van der Waals surface area (Å²) in [4.78, 5) is 21.6. The van der Waals surface area contributed by atoms with Crippen LogP contribution >= 0.6 is 11.3 Å². The molecule has 0 aliphatic carbocycles. The summed E-state index contributed by atoms with van der Waals surface area (Å²) in [6.45, 7) is 8.28. The third-order valence-electron chi connectivity index (χ3n) is 4.78. The highest BCUT2D eigenvalue weighted by atomic mass is 32.1. The van der Waals surface area contributed by atoms with E-state index in [2.05, 4.69) is 20.4 Å². The van der Waals surface area contributed by atoms with Crippen molar-refractivity contribution in [3.05, 3.63) is 75.9 Å². The molecule has 0 atom stereocenters. The third-order valence-corrected chi connectivity index (χ3v) is 5.53. The van der Waals surface area contributed by atoms with Crippen LogP contribution in [0.15, 0.2) is 42.0 Å². The van der Waals surface area contributed by atoms with Crippen LogP contribution in [-0.4, -0.2) is 30.2 Å². The van der Waals surface area contributed by atoms with E-state index in [0.29, 0.717) is 12.1 Å². The van der Waals surface area contributed by atoms with Gasteiger partial charge < -0.3 is 5.32 Å². The highest BCUT2D eigenvalue weighted by Crippen LogP contribution is 2.22. The van der Waals surface area contributed by atoms with Gasteiger partial charge in [0.05, 0.1) is 11.3 Å². The molecule has 0 aromatic carbocycles. The molecule has 8 heteroatoms. The Morgan fingerprint density at radius 1 is 1.10 bits per heavy atom. The lowest BCUT2D eigenvalue weighted by Gasteiger charge is -2.08. The van der Waals surface area contributed by atoms with E-state index < -0.39 is 0 Å². The minimum absolute atomic E-state index is 0.108. The largest absolute Gasteiger partial charge is 0.348 e. The van der Waals surface area contributed by atoms with Gasteiger partial charge in [-0.05, 0) is 51.5 Å². The summed E-state index contributed by atoms with van der Waals surface area (Å²) in [5.74, 6) is 0.654. The predicted molar refractivity (Wildman–Crippen MR) is 113 cm³/mol. The minimum Gasteiger partial charge on any atom is -0.348 e. The lowest BCUT2D eigenvalue weighted by molar-refractivity contribution is 0.0950. The van der Waals surface area contributed by atoms with Gasteiger partial charge in [-0.3, -0.25) is 9.36 Å². The van der Waals surface area contributed by atoms with E-state index in [0.717, 1.165) is 39.3 Å². The number of carbonyl (C=O) groups is 1. The van der Waals surface area contributed by atoms with E-state index in [1.807, 2.05) is 66.6 Å². The van der Waals surface area contributed by atoms with Crippen LogP contribution in [0.2, 0.25) is 0 Å². The fraction of sp³-hybridized carbons (Fsp3) is 0.238. The fourth-order valence-electron chi connectivity index (χ4n) is 3.40. The Kier molecular flexibility index (Phi) is 5.02. The summed E-state index contributed by atoms with van der Waals surface area (Å²) in [6.07, 6.45) is 3.53. The molecule has 4 aromatic heterocycles. The number of hydrogen-bond donors (Lipinski definition) is 1. The molecule has 29 heavy (non-hydrogen) atoms. The third kappa shape index (κ3) is 3.71. The van der Waals surface area contributed by atoms with Crippen LogP contribution in [0.4, 0.5) is 0 Å². The summed E-state index contributed by atoms with van der Waals surface area (Å²) >= 11 is 1.55. The number of nitrogens with zero attached hydrogens (tertiary/aromatic N) is 5. The standard InChI is InChI=1S/C21H22N6OS/c1-13-9-15(3)27(25-13)19-6-5-17(11-23-19)12-24-20(28)18-10-14(2)26(16(18)4)21-22-7-8-29-21/h5-11H,12H2,1-4H3,(H,24,28). The van der Waals surface area contributed by atoms with Gasteiger partial charge in [0.2, 0.25) is 0 Å². The molecule has 0 unspecified atom stereocenters. The Bertz CT molecular complexity index is 1150. The maximum atomic E-state index is 12.7. The molecule has 0 aliphatic rings. The first-order valence-corrected chi connectivity index (χ1v) is 10.2. The van der Waals surface area contributed by atoms with Gasteiger partial charge in [0.15, 0.2) is 10.9 Å². The summed E-state index contributed by atoms with van der Waals surface area (Å²) in [5, 5.41) is 10.2. The molecule has 0 aliphatic heterocycles. The molecule has 0 radical (unpaired) electrons. The van der Waals surface area contributed by atoms with Gasteiger partial charge >= 0.3 is 0 Å². The zero-order valence-electron chi connectivity index (χ0n) is 16.8. The lowest BCUT2D eigenvalue weighted by atomic mass is 10.2. The van der Waals surface area contributed by atoms with Crippen LogP contribution in [0.25, 0.3) is 10.9 Å². The number of thiazole rings is 1. The quantitative estimate of drug-likeness (QED) is 0.548. The SMILES string of the molecule is Cc1cc(C)n(-c2ccc(CNC(=O)c3cc(C)n(-c4nccs4)c3C)cn2)n1. The van der Waals surface area contributed by atoms with Gasteiger partial charge in [-0.15, -0.1) is 11.3 Å². The molecule has 1 amide bonds. The fourth-order valence-corrected chi connectivity index (χ4v) is 4.15. The van der Waals surface area contributed by atoms with Gasteiger partial charge in [0.25, 0.3) is 5.91 Å². The topological polar surface area (TPSA) is 77.6 Å². The maximum absolute atomic E-state index is 12.7. The van der Waals surface area contributed by atoms with Crippen molar-refractivity contribution in [2.45, 2.75) is 34.2 Å². The van der Waals surface area contributed by atoms with Crippen molar-refractivity contribution in [1.29, 1.82) is 0 Å². The lowest BCUT2D eigenvalue weighted by Crippen LogP contribution is -2.23. The average Bonchev–Trinajstić information content (AvgIpc) is 3.40. The summed E-state index contributed by atoms with van der Waals surface area (Å²) in [7, 11) is 0. The zero-order valence-corrected chi connectivity index (χ0v) is 17.6. The number of nitrogens with one attached hydrogen (secondary N) is 1. The molecule has 0 saturated carbocycles. The zero-order chi connectivity index (χ0) is 20.5. The Hall–Kier alpha value is -3.26. The van der Waals surface area contributed by atoms with Gasteiger partial charge in [-0.25, -0.2) is 14.6 Å². The van der Waals surface area contributed by atoms with Crippen LogP contribution < -0.4 is 5.32 Å². The number of aryl methyl sites for hydroxylation is 3. The van der Waals surface area contributed by atoms with Crippen molar-refractivity contribution in [3.8, 4) is 10.9 Å². The van der Waals surface area contributed by atoms with Crippen LogP contribution in [0, 0.1) is 27.7 Å². The van der Waals surface area contributed by atoms with Crippen molar-refractivity contribution >= 4 is 17.2 Å². The first kappa shape index (κ1) is 19.1. The Balaban J connectivity index is 1.46. The first-order chi connectivity index (χ1) is 13.9. The Morgan fingerprint density at radius 3 is 2.55 bits per heavy atom. The highest BCUT2D eigenvalue weighted by Gasteiger charge is 2.17. The van der Waals surface area contributed by atoms with Crippen LogP contribution in [0.1, 0.15) is 38.7 Å². The maximum Gasteiger partial charge on any atom is 0.253 e.